The third-order valence-corrected chi connectivity index (χ3v) is 6.52. The van der Waals surface area contributed by atoms with Crippen molar-refractivity contribution in [3.8, 4) is 0 Å². The molecule has 0 bridgehead atoms. The highest BCUT2D eigenvalue weighted by Gasteiger charge is 2.34. The molecule has 0 spiro atoms. The highest BCUT2D eigenvalue weighted by atomic mass is 32.2. The van der Waals surface area contributed by atoms with Crippen LogP contribution in [-0.4, -0.2) is 37.1 Å². The Morgan fingerprint density at radius 1 is 1.30 bits per heavy atom. The molecule has 1 amide bonds. The maximum Gasteiger partial charge on any atom is 0.245 e. The average molecular weight is 391 g/mol. The van der Waals surface area contributed by atoms with Gasteiger partial charge in [-0.15, -0.1) is 0 Å². The fourth-order valence-corrected chi connectivity index (χ4v) is 5.18. The third-order valence-electron chi connectivity index (χ3n) is 4.79. The Hall–Kier alpha value is -2.19. The Morgan fingerprint density at radius 3 is 2.63 bits per heavy atom. The zero-order valence-corrected chi connectivity index (χ0v) is 16.9. The second-order valence-corrected chi connectivity index (χ2v) is 9.09. The van der Waals surface area contributed by atoms with Gasteiger partial charge in [0.15, 0.2) is 0 Å². The first kappa shape index (κ1) is 19.6. The van der Waals surface area contributed by atoms with Crippen LogP contribution < -0.4 is 9.62 Å². The van der Waals surface area contributed by atoms with Crippen molar-refractivity contribution in [3.63, 3.8) is 0 Å². The number of carbonyl (C=O) groups excluding carboxylic acids is 1. The minimum absolute atomic E-state index is 0.117. The number of aromatic nitrogens is 2. The van der Waals surface area contributed by atoms with Gasteiger partial charge in [-0.2, -0.15) is 9.82 Å². The van der Waals surface area contributed by atoms with E-state index in [4.69, 9.17) is 0 Å². The highest BCUT2D eigenvalue weighted by molar-refractivity contribution is 7.89. The first-order valence-corrected chi connectivity index (χ1v) is 10.6. The van der Waals surface area contributed by atoms with Crippen LogP contribution in [0.4, 0.5) is 5.69 Å². The molecule has 0 saturated carbocycles. The molecule has 0 saturated heterocycles. The summed E-state index contributed by atoms with van der Waals surface area (Å²) in [6, 6.07) is 6.93. The molecular weight excluding hydrogens is 364 g/mol. The Kier molecular flexibility index (Phi) is 5.39. The summed E-state index contributed by atoms with van der Waals surface area (Å²) in [5, 5.41) is 6.65. The number of hydrogen-bond acceptors (Lipinski definition) is 4. The number of carbonyl (C=O) groups is 1. The smallest absolute Gasteiger partial charge is 0.245 e. The molecule has 1 aromatic carbocycles. The van der Waals surface area contributed by atoms with Crippen molar-refractivity contribution < 1.29 is 13.2 Å². The van der Waals surface area contributed by atoms with Crippen LogP contribution in [0.1, 0.15) is 37.2 Å². The number of para-hydroxylation sites is 1. The topological polar surface area (TPSA) is 95.2 Å². The van der Waals surface area contributed by atoms with Crippen LogP contribution in [0.5, 0.6) is 0 Å². The Labute approximate surface area is 160 Å². The summed E-state index contributed by atoms with van der Waals surface area (Å²) < 4.78 is 28.5. The SMILES string of the molecule is Cc1n[nH]c(C)c1S(=O)(=O)N[C@@H](CC(C)C)C(=O)N1CCc2ccccc21. The number of benzene rings is 1. The zero-order chi connectivity index (χ0) is 19.8. The molecule has 1 aromatic heterocycles. The Bertz CT molecular complexity index is 930. The maximum absolute atomic E-state index is 13.2. The lowest BCUT2D eigenvalue weighted by Gasteiger charge is -2.26. The second-order valence-electron chi connectivity index (χ2n) is 7.44. The minimum Gasteiger partial charge on any atom is -0.310 e. The van der Waals surface area contributed by atoms with E-state index in [1.165, 1.54) is 0 Å². The lowest BCUT2D eigenvalue weighted by Crippen LogP contribution is -2.49. The van der Waals surface area contributed by atoms with E-state index in [2.05, 4.69) is 14.9 Å². The van der Waals surface area contributed by atoms with Gasteiger partial charge < -0.3 is 4.90 Å². The molecule has 1 atom stereocenters. The van der Waals surface area contributed by atoms with Crippen LogP contribution in [0.2, 0.25) is 0 Å². The predicted octanol–water partition coefficient (Wildman–Crippen LogP) is 2.31. The van der Waals surface area contributed by atoms with E-state index < -0.39 is 16.1 Å². The van der Waals surface area contributed by atoms with E-state index in [1.54, 1.807) is 18.7 Å². The highest BCUT2D eigenvalue weighted by Crippen LogP contribution is 2.29. The molecular formula is C19H26N4O3S. The fourth-order valence-electron chi connectivity index (χ4n) is 3.61. The van der Waals surface area contributed by atoms with Crippen LogP contribution in [0.15, 0.2) is 29.2 Å². The van der Waals surface area contributed by atoms with Gasteiger partial charge in [0, 0.05) is 12.2 Å². The molecule has 1 aliphatic heterocycles. The summed E-state index contributed by atoms with van der Waals surface area (Å²) >= 11 is 0. The zero-order valence-electron chi connectivity index (χ0n) is 16.1. The molecule has 2 aromatic rings. The second kappa shape index (κ2) is 7.44. The monoisotopic (exact) mass is 390 g/mol. The Morgan fingerprint density at radius 2 is 2.00 bits per heavy atom. The molecule has 2 N–H and O–H groups in total. The number of rotatable bonds is 6. The predicted molar refractivity (Wildman–Crippen MR) is 104 cm³/mol. The van der Waals surface area contributed by atoms with Crippen molar-refractivity contribution >= 4 is 21.6 Å². The lowest BCUT2D eigenvalue weighted by molar-refractivity contribution is -0.120. The summed E-state index contributed by atoms with van der Waals surface area (Å²) in [6.07, 6.45) is 1.20. The summed E-state index contributed by atoms with van der Waals surface area (Å²) in [4.78, 5) is 15.0. The summed E-state index contributed by atoms with van der Waals surface area (Å²) in [6.45, 7) is 7.80. The van der Waals surface area contributed by atoms with Gasteiger partial charge in [0.2, 0.25) is 15.9 Å². The molecule has 2 heterocycles. The normalized spacial score (nSPS) is 15.2. The molecule has 27 heavy (non-hydrogen) atoms. The number of hydrogen-bond donors (Lipinski definition) is 2. The van der Waals surface area contributed by atoms with E-state index in [1.807, 2.05) is 38.1 Å². The van der Waals surface area contributed by atoms with E-state index >= 15 is 0 Å². The van der Waals surface area contributed by atoms with Crippen LogP contribution in [0.25, 0.3) is 0 Å². The molecule has 1 aliphatic rings. The number of sulfonamides is 1. The lowest BCUT2D eigenvalue weighted by atomic mass is 10.0. The van der Waals surface area contributed by atoms with E-state index in [0.29, 0.717) is 24.4 Å². The number of H-pyrrole nitrogens is 1. The van der Waals surface area contributed by atoms with Gasteiger partial charge in [-0.05, 0) is 44.2 Å². The number of anilines is 1. The van der Waals surface area contributed by atoms with Crippen molar-refractivity contribution in [3.05, 3.63) is 41.2 Å². The van der Waals surface area contributed by atoms with Crippen LogP contribution >= 0.6 is 0 Å². The molecule has 7 nitrogen and oxygen atoms in total. The fraction of sp³-hybridized carbons (Fsp3) is 0.474. The number of fused-ring (bicyclic) bond motifs is 1. The van der Waals surface area contributed by atoms with Crippen molar-refractivity contribution in [2.24, 2.45) is 5.92 Å². The van der Waals surface area contributed by atoms with Gasteiger partial charge in [-0.1, -0.05) is 32.0 Å². The molecule has 8 heteroatoms. The molecule has 146 valence electrons. The van der Waals surface area contributed by atoms with Gasteiger partial charge in [0.25, 0.3) is 0 Å². The standard InChI is InChI=1S/C19H26N4O3S/c1-12(2)11-16(22-27(25,26)18-13(3)20-21-14(18)4)19(24)23-10-9-15-7-5-6-8-17(15)23/h5-8,12,16,22H,9-11H2,1-4H3,(H,20,21)/t16-/m0/s1. The number of nitrogens with zero attached hydrogens (tertiary/aromatic N) is 2. The van der Waals surface area contributed by atoms with Gasteiger partial charge >= 0.3 is 0 Å². The summed E-state index contributed by atoms with van der Waals surface area (Å²) in [7, 11) is -3.87. The first-order valence-electron chi connectivity index (χ1n) is 9.14. The van der Waals surface area contributed by atoms with E-state index in [9.17, 15) is 13.2 Å². The largest absolute Gasteiger partial charge is 0.310 e. The third kappa shape index (κ3) is 3.91. The Balaban J connectivity index is 1.90. The van der Waals surface area contributed by atoms with Gasteiger partial charge in [-0.3, -0.25) is 9.89 Å². The number of aromatic amines is 1. The van der Waals surface area contributed by atoms with Crippen molar-refractivity contribution in [1.29, 1.82) is 0 Å². The van der Waals surface area contributed by atoms with Crippen LogP contribution in [0.3, 0.4) is 0 Å². The van der Waals surface area contributed by atoms with Crippen LogP contribution in [-0.2, 0) is 21.2 Å². The first-order chi connectivity index (χ1) is 12.7. The van der Waals surface area contributed by atoms with Gasteiger partial charge in [0.1, 0.15) is 10.9 Å². The minimum atomic E-state index is -3.87. The van der Waals surface area contributed by atoms with Gasteiger partial charge in [-0.25, -0.2) is 8.42 Å². The van der Waals surface area contributed by atoms with E-state index in [-0.39, 0.29) is 16.7 Å². The molecule has 0 fully saturated rings. The number of nitrogens with one attached hydrogen (secondary N) is 2. The number of aryl methyl sites for hydroxylation is 2. The molecule has 0 unspecified atom stereocenters. The maximum atomic E-state index is 13.2. The summed E-state index contributed by atoms with van der Waals surface area (Å²) in [5.41, 5.74) is 2.83. The summed E-state index contributed by atoms with van der Waals surface area (Å²) in [5.74, 6) is -0.0536. The van der Waals surface area contributed by atoms with Crippen molar-refractivity contribution in [2.45, 2.75) is 51.5 Å². The molecule has 3 rings (SSSR count). The van der Waals surface area contributed by atoms with Crippen molar-refractivity contribution in [2.75, 3.05) is 11.4 Å². The van der Waals surface area contributed by atoms with Crippen molar-refractivity contribution in [1.82, 2.24) is 14.9 Å². The quantitative estimate of drug-likeness (QED) is 0.791. The van der Waals surface area contributed by atoms with E-state index in [0.717, 1.165) is 17.7 Å². The van der Waals surface area contributed by atoms with Gasteiger partial charge in [0.05, 0.1) is 11.4 Å². The van der Waals surface area contributed by atoms with Crippen LogP contribution in [0, 0.1) is 19.8 Å². The molecule has 0 radical (unpaired) electrons. The average Bonchev–Trinajstić information content (AvgIpc) is 3.16. The molecule has 0 aliphatic carbocycles. The number of amides is 1.